The number of benzene rings is 2. The average Bonchev–Trinajstić information content (AvgIpc) is 3.65. The molecule has 3 aliphatic rings. The van der Waals surface area contributed by atoms with Crippen molar-refractivity contribution in [1.82, 2.24) is 29.5 Å². The van der Waals surface area contributed by atoms with E-state index in [4.69, 9.17) is 4.74 Å². The Morgan fingerprint density at radius 1 is 1.00 bits per heavy atom. The Balaban J connectivity index is 1.15. The molecule has 51 heavy (non-hydrogen) atoms. The van der Waals surface area contributed by atoms with Gasteiger partial charge in [0.15, 0.2) is 5.82 Å². The molecule has 0 unspecified atom stereocenters. The Bertz CT molecular complexity index is 1890. The molecule has 12 heteroatoms. The molecule has 2 saturated heterocycles. The summed E-state index contributed by atoms with van der Waals surface area (Å²) < 4.78 is 23.9. The molecule has 1 aliphatic carbocycles. The number of piperidine rings is 1. The van der Waals surface area contributed by atoms with E-state index < -0.39 is 5.60 Å². The van der Waals surface area contributed by atoms with Crippen molar-refractivity contribution in [3.8, 4) is 11.1 Å². The lowest BCUT2D eigenvalue weighted by Crippen LogP contribution is -2.50. The molecule has 4 heterocycles. The summed E-state index contributed by atoms with van der Waals surface area (Å²) in [5.41, 5.74) is 3.50. The van der Waals surface area contributed by atoms with E-state index in [1.807, 2.05) is 56.1 Å². The number of H-pyrrole nitrogens is 1. The molecule has 2 aromatic carbocycles. The van der Waals surface area contributed by atoms with Crippen LogP contribution in [0.25, 0.3) is 22.0 Å². The van der Waals surface area contributed by atoms with E-state index in [0.29, 0.717) is 74.4 Å². The predicted octanol–water partition coefficient (Wildman–Crippen LogP) is 6.26. The number of likely N-dealkylation sites (tertiary alicyclic amines) is 1. The zero-order valence-electron chi connectivity index (χ0n) is 30.0. The van der Waals surface area contributed by atoms with Gasteiger partial charge in [0, 0.05) is 94.7 Å². The summed E-state index contributed by atoms with van der Waals surface area (Å²) in [5.74, 6) is -0.659. The number of hydrogen-bond donors (Lipinski definition) is 1. The number of anilines is 1. The molecule has 1 atom stereocenters. The average molecular weight is 698 g/mol. The maximum absolute atomic E-state index is 16.6. The van der Waals surface area contributed by atoms with Crippen molar-refractivity contribution in [3.63, 3.8) is 0 Å². The smallest absolute Gasteiger partial charge is 0.410 e. The molecule has 2 aliphatic heterocycles. The van der Waals surface area contributed by atoms with Gasteiger partial charge in [-0.1, -0.05) is 12.1 Å². The molecule has 270 valence electrons. The van der Waals surface area contributed by atoms with Crippen molar-refractivity contribution < 1.29 is 23.5 Å². The molecule has 11 nitrogen and oxygen atoms in total. The summed E-state index contributed by atoms with van der Waals surface area (Å²) in [4.78, 5) is 50.0. The Hall–Kier alpha value is -4.87. The van der Waals surface area contributed by atoms with E-state index in [9.17, 15) is 14.4 Å². The lowest BCUT2D eigenvalue weighted by molar-refractivity contribution is -0.132. The van der Waals surface area contributed by atoms with Crippen molar-refractivity contribution in [1.29, 1.82) is 0 Å². The van der Waals surface area contributed by atoms with Crippen LogP contribution in [0.4, 0.5) is 14.9 Å². The van der Waals surface area contributed by atoms with Crippen LogP contribution >= 0.6 is 0 Å². The molecule has 7 rings (SSSR count). The van der Waals surface area contributed by atoms with Gasteiger partial charge in [0.25, 0.3) is 5.91 Å². The fourth-order valence-corrected chi connectivity index (χ4v) is 7.33. The van der Waals surface area contributed by atoms with Crippen molar-refractivity contribution in [3.05, 3.63) is 71.9 Å². The van der Waals surface area contributed by atoms with Gasteiger partial charge in [-0.25, -0.2) is 9.18 Å². The number of halogens is 1. The van der Waals surface area contributed by atoms with Gasteiger partial charge in [0.1, 0.15) is 11.3 Å². The van der Waals surface area contributed by atoms with Crippen LogP contribution in [0.15, 0.2) is 54.9 Å². The maximum Gasteiger partial charge on any atom is 0.410 e. The second kappa shape index (κ2) is 14.0. The first kappa shape index (κ1) is 34.6. The van der Waals surface area contributed by atoms with Crippen LogP contribution in [-0.4, -0.2) is 105 Å². The van der Waals surface area contributed by atoms with E-state index in [0.717, 1.165) is 42.5 Å². The number of aromatic amines is 1. The highest BCUT2D eigenvalue weighted by Crippen LogP contribution is 2.39. The van der Waals surface area contributed by atoms with Gasteiger partial charge in [-0.05, 0) is 93.5 Å². The van der Waals surface area contributed by atoms with Crippen LogP contribution < -0.4 is 4.90 Å². The summed E-state index contributed by atoms with van der Waals surface area (Å²) >= 11 is 0. The van der Waals surface area contributed by atoms with E-state index >= 15 is 4.39 Å². The largest absolute Gasteiger partial charge is 0.444 e. The van der Waals surface area contributed by atoms with E-state index in [2.05, 4.69) is 27.1 Å². The van der Waals surface area contributed by atoms with Crippen LogP contribution in [0.1, 0.15) is 74.8 Å². The number of carbonyl (C=O) groups is 3. The number of fused-ring (bicyclic) bond motifs is 1. The molecule has 1 N–H and O–H groups in total. The second-order valence-corrected chi connectivity index (χ2v) is 15.1. The number of piperazine rings is 1. The summed E-state index contributed by atoms with van der Waals surface area (Å²) in [7, 11) is 1.81. The van der Waals surface area contributed by atoms with Crippen LogP contribution in [0.2, 0.25) is 0 Å². The van der Waals surface area contributed by atoms with Gasteiger partial charge in [0.2, 0.25) is 5.91 Å². The molecule has 3 amide bonds. The molecule has 3 fully saturated rings. The number of amides is 3. The third kappa shape index (κ3) is 7.60. The SMILES string of the molecule is CN(C(=O)c1cc2c(-c3ccc(N4CCN(C(=O)OC(C)(C)C)CC4)cc3)cc([C@@H]3CCCN(C(=O)CCn4cccn4)C3)c(F)c2[nH]1)C1CC1. The first-order valence-corrected chi connectivity index (χ1v) is 18.2. The number of aromatic nitrogens is 3. The standard InChI is InChI=1S/C39H48FN7O4/c1-39(2,3)51-38(50)45-21-19-44(20-22-45)29-10-8-26(9-11-29)30-23-31(27-7-5-16-46(25-27)34(48)14-18-47-17-6-15-41-47)35(40)36-32(30)24-33(42-36)37(49)43(4)28-12-13-28/h6,8-11,15,17,23-24,27-28,42H,5,7,12-14,16,18-22,25H2,1-4H3/t27-/m1/s1. The van der Waals surface area contributed by atoms with E-state index in [1.165, 1.54) is 0 Å². The van der Waals surface area contributed by atoms with Gasteiger partial charge >= 0.3 is 6.09 Å². The van der Waals surface area contributed by atoms with Gasteiger partial charge < -0.3 is 29.3 Å². The third-order valence-electron chi connectivity index (χ3n) is 10.3. The summed E-state index contributed by atoms with van der Waals surface area (Å²) in [5, 5.41) is 4.87. The predicted molar refractivity (Wildman–Crippen MR) is 194 cm³/mol. The highest BCUT2D eigenvalue weighted by Gasteiger charge is 2.33. The Morgan fingerprint density at radius 3 is 2.41 bits per heavy atom. The molecule has 1 saturated carbocycles. The molecule has 0 bridgehead atoms. The van der Waals surface area contributed by atoms with Crippen LogP contribution in [0, 0.1) is 5.82 Å². The van der Waals surface area contributed by atoms with Gasteiger partial charge in [-0.3, -0.25) is 14.3 Å². The minimum Gasteiger partial charge on any atom is -0.444 e. The lowest BCUT2D eigenvalue weighted by atomic mass is 9.87. The number of carbonyl (C=O) groups excluding carboxylic acids is 3. The Labute approximate surface area is 298 Å². The highest BCUT2D eigenvalue weighted by atomic mass is 19.1. The van der Waals surface area contributed by atoms with Gasteiger partial charge in [0.05, 0.1) is 5.52 Å². The Kier molecular flexibility index (Phi) is 9.52. The number of nitrogens with zero attached hydrogens (tertiary/aromatic N) is 6. The van der Waals surface area contributed by atoms with Crippen LogP contribution in [0.3, 0.4) is 0 Å². The molecule has 0 radical (unpaired) electrons. The summed E-state index contributed by atoms with van der Waals surface area (Å²) in [6, 6.07) is 14.0. The first-order valence-electron chi connectivity index (χ1n) is 18.2. The quantitative estimate of drug-likeness (QED) is 0.233. The van der Waals surface area contributed by atoms with Crippen molar-refractivity contribution in [2.75, 3.05) is 51.2 Å². The maximum atomic E-state index is 16.6. The minimum atomic E-state index is -0.537. The second-order valence-electron chi connectivity index (χ2n) is 15.1. The monoisotopic (exact) mass is 697 g/mol. The Morgan fingerprint density at radius 2 is 1.75 bits per heavy atom. The third-order valence-corrected chi connectivity index (χ3v) is 10.3. The zero-order valence-corrected chi connectivity index (χ0v) is 30.0. The molecular formula is C39H48FN7O4. The number of aryl methyl sites for hydroxylation is 1. The molecular weight excluding hydrogens is 649 g/mol. The van der Waals surface area contributed by atoms with Crippen molar-refractivity contribution in [2.45, 2.75) is 77.0 Å². The molecule has 2 aromatic heterocycles. The number of nitrogens with one attached hydrogen (secondary N) is 1. The van der Waals surface area contributed by atoms with E-state index in [1.54, 1.807) is 33.8 Å². The van der Waals surface area contributed by atoms with Gasteiger partial charge in [-0.2, -0.15) is 5.10 Å². The van der Waals surface area contributed by atoms with Crippen LogP contribution in [0.5, 0.6) is 0 Å². The fraction of sp³-hybridized carbons (Fsp3) is 0.487. The van der Waals surface area contributed by atoms with Crippen molar-refractivity contribution in [2.24, 2.45) is 0 Å². The number of rotatable bonds is 8. The topological polar surface area (TPSA) is 107 Å². The highest BCUT2D eigenvalue weighted by molar-refractivity contribution is 6.03. The first-order chi connectivity index (χ1) is 24.4. The number of hydrogen-bond acceptors (Lipinski definition) is 6. The van der Waals surface area contributed by atoms with E-state index in [-0.39, 0.29) is 35.7 Å². The normalized spacial score (nSPS) is 18.3. The minimum absolute atomic E-state index is 0.0373. The van der Waals surface area contributed by atoms with Crippen molar-refractivity contribution >= 4 is 34.5 Å². The number of ether oxygens (including phenoxy) is 1. The van der Waals surface area contributed by atoms with Crippen LogP contribution in [-0.2, 0) is 16.1 Å². The zero-order chi connectivity index (χ0) is 35.9. The molecule has 0 spiro atoms. The van der Waals surface area contributed by atoms with Gasteiger partial charge in [-0.15, -0.1) is 0 Å². The molecule has 4 aromatic rings. The fourth-order valence-electron chi connectivity index (χ4n) is 7.33. The summed E-state index contributed by atoms with van der Waals surface area (Å²) in [6.45, 7) is 9.69. The summed E-state index contributed by atoms with van der Waals surface area (Å²) in [6.07, 6.45) is 7.08. The lowest BCUT2D eigenvalue weighted by Gasteiger charge is -2.36.